The van der Waals surface area contributed by atoms with E-state index in [1.807, 2.05) is 0 Å². The van der Waals surface area contributed by atoms with E-state index < -0.39 is 0 Å². The zero-order chi connectivity index (χ0) is 7.45. The van der Waals surface area contributed by atoms with E-state index in [1.54, 1.807) is 7.11 Å². The summed E-state index contributed by atoms with van der Waals surface area (Å²) < 4.78 is 10.5. The maximum Gasteiger partial charge on any atom is 0.101 e. The predicted octanol–water partition coefficient (Wildman–Crippen LogP) is 0.0113. The molecular weight excluding hydrogens is 130 g/mol. The second-order valence-corrected chi connectivity index (χ2v) is 2.91. The Balaban J connectivity index is 2.32. The third kappa shape index (κ3) is 1.94. The molecule has 1 unspecified atom stereocenters. The van der Waals surface area contributed by atoms with Gasteiger partial charge >= 0.3 is 0 Å². The van der Waals surface area contributed by atoms with Gasteiger partial charge in [-0.3, -0.25) is 0 Å². The van der Waals surface area contributed by atoms with Crippen LogP contribution in [0.1, 0.15) is 6.92 Å². The third-order valence-electron chi connectivity index (χ3n) is 1.68. The minimum Gasteiger partial charge on any atom is -0.382 e. The summed E-state index contributed by atoms with van der Waals surface area (Å²) >= 11 is 0. The number of nitrogens with one attached hydrogen (secondary N) is 1. The topological polar surface area (TPSA) is 30.5 Å². The van der Waals surface area contributed by atoms with Gasteiger partial charge in [-0.05, 0) is 6.92 Å². The molecule has 0 amide bonds. The van der Waals surface area contributed by atoms with Crippen molar-refractivity contribution in [2.75, 3.05) is 33.4 Å². The quantitative estimate of drug-likeness (QED) is 0.594. The fourth-order valence-corrected chi connectivity index (χ4v) is 1.17. The summed E-state index contributed by atoms with van der Waals surface area (Å²) in [6.07, 6.45) is 0. The van der Waals surface area contributed by atoms with Crippen LogP contribution < -0.4 is 5.32 Å². The molecule has 3 heteroatoms. The summed E-state index contributed by atoms with van der Waals surface area (Å²) in [4.78, 5) is 0. The predicted molar refractivity (Wildman–Crippen MR) is 39.1 cm³/mol. The molecule has 0 saturated carbocycles. The van der Waals surface area contributed by atoms with Gasteiger partial charge in [0.05, 0.1) is 13.2 Å². The second kappa shape index (κ2) is 3.32. The first-order valence-corrected chi connectivity index (χ1v) is 3.60. The lowest BCUT2D eigenvalue weighted by molar-refractivity contribution is -0.0921. The molecule has 1 aliphatic heterocycles. The van der Waals surface area contributed by atoms with Gasteiger partial charge in [-0.25, -0.2) is 0 Å². The van der Waals surface area contributed by atoms with Crippen LogP contribution in [0.3, 0.4) is 0 Å². The first-order valence-electron chi connectivity index (χ1n) is 3.60. The summed E-state index contributed by atoms with van der Waals surface area (Å²) in [7, 11) is 1.70. The Morgan fingerprint density at radius 3 is 3.00 bits per heavy atom. The zero-order valence-corrected chi connectivity index (χ0v) is 6.64. The Labute approximate surface area is 61.7 Å². The smallest absolute Gasteiger partial charge is 0.101 e. The lowest BCUT2D eigenvalue weighted by atomic mass is 10.1. The molecule has 1 N–H and O–H groups in total. The summed E-state index contributed by atoms with van der Waals surface area (Å²) in [5.74, 6) is 0. The van der Waals surface area contributed by atoms with Crippen LogP contribution in [0.2, 0.25) is 0 Å². The molecule has 10 heavy (non-hydrogen) atoms. The SMILES string of the molecule is COCC1(C)CNCCO1. The van der Waals surface area contributed by atoms with Gasteiger partial charge in [0.1, 0.15) is 5.60 Å². The van der Waals surface area contributed by atoms with E-state index in [1.165, 1.54) is 0 Å². The van der Waals surface area contributed by atoms with E-state index in [9.17, 15) is 0 Å². The molecule has 1 saturated heterocycles. The number of methoxy groups -OCH3 is 1. The van der Waals surface area contributed by atoms with Gasteiger partial charge in [0, 0.05) is 20.2 Å². The standard InChI is InChI=1S/C7H15NO2/c1-7(6-9-2)5-8-3-4-10-7/h8H,3-6H2,1-2H3. The van der Waals surface area contributed by atoms with Gasteiger partial charge in [-0.15, -0.1) is 0 Å². The highest BCUT2D eigenvalue weighted by atomic mass is 16.5. The van der Waals surface area contributed by atoms with Crippen molar-refractivity contribution in [1.29, 1.82) is 0 Å². The van der Waals surface area contributed by atoms with Crippen LogP contribution in [-0.4, -0.2) is 39.0 Å². The van der Waals surface area contributed by atoms with Crippen molar-refractivity contribution in [3.05, 3.63) is 0 Å². The first-order chi connectivity index (χ1) is 4.77. The minimum absolute atomic E-state index is 0.104. The first kappa shape index (κ1) is 7.98. The molecule has 1 fully saturated rings. The zero-order valence-electron chi connectivity index (χ0n) is 6.64. The molecule has 1 atom stereocenters. The molecule has 0 bridgehead atoms. The number of morpholine rings is 1. The van der Waals surface area contributed by atoms with Gasteiger partial charge < -0.3 is 14.8 Å². The molecular formula is C7H15NO2. The van der Waals surface area contributed by atoms with E-state index in [0.29, 0.717) is 6.61 Å². The maximum absolute atomic E-state index is 5.52. The second-order valence-electron chi connectivity index (χ2n) is 2.91. The molecule has 0 aromatic carbocycles. The fourth-order valence-electron chi connectivity index (χ4n) is 1.17. The highest BCUT2D eigenvalue weighted by molar-refractivity contribution is 4.80. The summed E-state index contributed by atoms with van der Waals surface area (Å²) in [5.41, 5.74) is -0.104. The maximum atomic E-state index is 5.52. The molecule has 0 radical (unpaired) electrons. The van der Waals surface area contributed by atoms with Crippen LogP contribution in [0, 0.1) is 0 Å². The monoisotopic (exact) mass is 145 g/mol. The summed E-state index contributed by atoms with van der Waals surface area (Å²) in [6, 6.07) is 0. The van der Waals surface area contributed by atoms with E-state index in [-0.39, 0.29) is 5.60 Å². The van der Waals surface area contributed by atoms with E-state index in [4.69, 9.17) is 9.47 Å². The van der Waals surface area contributed by atoms with Crippen LogP contribution in [0.25, 0.3) is 0 Å². The average molecular weight is 145 g/mol. The van der Waals surface area contributed by atoms with Crippen molar-refractivity contribution in [3.63, 3.8) is 0 Å². The summed E-state index contributed by atoms with van der Waals surface area (Å²) in [6.45, 7) is 5.36. The molecule has 3 nitrogen and oxygen atoms in total. The van der Waals surface area contributed by atoms with Crippen molar-refractivity contribution in [1.82, 2.24) is 5.32 Å². The Hall–Kier alpha value is -0.120. The average Bonchev–Trinajstić information content (AvgIpc) is 1.89. The Morgan fingerprint density at radius 2 is 2.50 bits per heavy atom. The Bertz CT molecular complexity index is 94.3. The van der Waals surface area contributed by atoms with E-state index in [2.05, 4.69) is 12.2 Å². The van der Waals surface area contributed by atoms with E-state index in [0.717, 1.165) is 19.7 Å². The largest absolute Gasteiger partial charge is 0.382 e. The lowest BCUT2D eigenvalue weighted by Gasteiger charge is -2.33. The third-order valence-corrected chi connectivity index (χ3v) is 1.68. The van der Waals surface area contributed by atoms with E-state index >= 15 is 0 Å². The normalized spacial score (nSPS) is 34.2. The van der Waals surface area contributed by atoms with Crippen LogP contribution in [0.4, 0.5) is 0 Å². The number of rotatable bonds is 2. The van der Waals surface area contributed by atoms with Crippen LogP contribution >= 0.6 is 0 Å². The fraction of sp³-hybridized carbons (Fsp3) is 1.00. The Kier molecular flexibility index (Phi) is 2.65. The van der Waals surface area contributed by atoms with Gasteiger partial charge in [0.2, 0.25) is 0 Å². The van der Waals surface area contributed by atoms with Crippen LogP contribution in [0.15, 0.2) is 0 Å². The lowest BCUT2D eigenvalue weighted by Crippen LogP contribution is -2.50. The number of hydrogen-bond acceptors (Lipinski definition) is 3. The summed E-state index contributed by atoms with van der Waals surface area (Å²) in [5, 5.41) is 3.26. The molecule has 60 valence electrons. The highest BCUT2D eigenvalue weighted by Crippen LogP contribution is 2.11. The van der Waals surface area contributed by atoms with Crippen molar-refractivity contribution in [3.8, 4) is 0 Å². The van der Waals surface area contributed by atoms with Gasteiger partial charge in [-0.1, -0.05) is 0 Å². The minimum atomic E-state index is -0.104. The van der Waals surface area contributed by atoms with Gasteiger partial charge in [0.15, 0.2) is 0 Å². The van der Waals surface area contributed by atoms with Crippen LogP contribution in [-0.2, 0) is 9.47 Å². The van der Waals surface area contributed by atoms with Gasteiger partial charge in [-0.2, -0.15) is 0 Å². The Morgan fingerprint density at radius 1 is 1.70 bits per heavy atom. The van der Waals surface area contributed by atoms with Crippen molar-refractivity contribution in [2.24, 2.45) is 0 Å². The molecule has 0 aliphatic carbocycles. The van der Waals surface area contributed by atoms with Crippen molar-refractivity contribution >= 4 is 0 Å². The molecule has 0 aromatic rings. The molecule has 1 rings (SSSR count). The molecule has 1 heterocycles. The number of hydrogen-bond donors (Lipinski definition) is 1. The number of ether oxygens (including phenoxy) is 2. The van der Waals surface area contributed by atoms with Crippen molar-refractivity contribution < 1.29 is 9.47 Å². The molecule has 0 spiro atoms. The van der Waals surface area contributed by atoms with Crippen molar-refractivity contribution in [2.45, 2.75) is 12.5 Å². The van der Waals surface area contributed by atoms with Crippen LogP contribution in [0.5, 0.6) is 0 Å². The molecule has 0 aromatic heterocycles. The highest BCUT2D eigenvalue weighted by Gasteiger charge is 2.27. The molecule has 1 aliphatic rings. The van der Waals surface area contributed by atoms with Gasteiger partial charge in [0.25, 0.3) is 0 Å².